The molecule has 11 heavy (non-hydrogen) atoms. The lowest BCUT2D eigenvalue weighted by Gasteiger charge is -1.89. The van der Waals surface area contributed by atoms with Crippen molar-refractivity contribution < 1.29 is 4.79 Å². The van der Waals surface area contributed by atoms with E-state index in [1.54, 1.807) is 6.07 Å². The van der Waals surface area contributed by atoms with Crippen LogP contribution in [0.4, 0.5) is 0 Å². The summed E-state index contributed by atoms with van der Waals surface area (Å²) in [4.78, 5) is 10.7. The van der Waals surface area contributed by atoms with Crippen molar-refractivity contribution in [2.75, 3.05) is 0 Å². The van der Waals surface area contributed by atoms with Gasteiger partial charge in [-0.2, -0.15) is 5.10 Å². The molecule has 4 nitrogen and oxygen atoms in total. The highest BCUT2D eigenvalue weighted by Gasteiger charge is 2.15. The Bertz CT molecular complexity index is 281. The molecule has 1 aromatic heterocycles. The molecule has 58 valence electrons. The quantitative estimate of drug-likeness (QED) is 0.610. The molecule has 0 aliphatic carbocycles. The van der Waals surface area contributed by atoms with E-state index in [1.165, 1.54) is 0 Å². The van der Waals surface area contributed by atoms with Gasteiger partial charge in [0.15, 0.2) is 0 Å². The van der Waals surface area contributed by atoms with Gasteiger partial charge in [-0.1, -0.05) is 0 Å². The van der Waals surface area contributed by atoms with Gasteiger partial charge >= 0.3 is 0 Å². The lowest BCUT2D eigenvalue weighted by Crippen LogP contribution is -2.12. The molecular weight excluding hydrogens is 142 g/mol. The van der Waals surface area contributed by atoms with Crippen molar-refractivity contribution in [1.29, 1.82) is 0 Å². The zero-order chi connectivity index (χ0) is 7.84. The van der Waals surface area contributed by atoms with Gasteiger partial charge in [-0.25, -0.2) is 0 Å². The first-order valence-corrected chi connectivity index (χ1v) is 3.64. The van der Waals surface area contributed by atoms with E-state index in [4.69, 9.17) is 5.73 Å². The Balaban J connectivity index is 2.42. The van der Waals surface area contributed by atoms with Crippen molar-refractivity contribution in [3.8, 4) is 0 Å². The highest BCUT2D eigenvalue weighted by molar-refractivity contribution is 5.90. The number of primary amides is 1. The number of carbonyl (C=O) groups excluding carboxylic acids is 1. The van der Waals surface area contributed by atoms with Crippen LogP contribution in [0.1, 0.15) is 22.6 Å². The van der Waals surface area contributed by atoms with Gasteiger partial charge in [-0.3, -0.25) is 9.48 Å². The molecule has 0 spiro atoms. The molecule has 0 bridgehead atoms. The minimum atomic E-state index is -0.438. The van der Waals surface area contributed by atoms with E-state index in [1.807, 2.05) is 4.68 Å². The smallest absolute Gasteiger partial charge is 0.269 e. The van der Waals surface area contributed by atoms with Crippen LogP contribution in [0.25, 0.3) is 0 Å². The van der Waals surface area contributed by atoms with Crippen molar-refractivity contribution in [3.63, 3.8) is 0 Å². The zero-order valence-corrected chi connectivity index (χ0v) is 6.08. The fourth-order valence-corrected chi connectivity index (χ4v) is 1.38. The first-order valence-electron chi connectivity index (χ1n) is 3.64. The Morgan fingerprint density at radius 1 is 1.73 bits per heavy atom. The number of carbonyl (C=O) groups is 1. The monoisotopic (exact) mass is 151 g/mol. The fourth-order valence-electron chi connectivity index (χ4n) is 1.38. The lowest BCUT2D eigenvalue weighted by molar-refractivity contribution is 0.0994. The second-order valence-corrected chi connectivity index (χ2v) is 2.71. The SMILES string of the molecule is NC(=O)c1cc2n(n1)CCC2. The van der Waals surface area contributed by atoms with Crippen molar-refractivity contribution in [3.05, 3.63) is 17.5 Å². The molecule has 2 rings (SSSR count). The van der Waals surface area contributed by atoms with Crippen LogP contribution < -0.4 is 5.73 Å². The summed E-state index contributed by atoms with van der Waals surface area (Å²) in [5.41, 5.74) is 6.57. The van der Waals surface area contributed by atoms with Gasteiger partial charge in [0.1, 0.15) is 5.69 Å². The Morgan fingerprint density at radius 3 is 3.18 bits per heavy atom. The third-order valence-electron chi connectivity index (χ3n) is 1.92. The molecule has 0 saturated carbocycles. The highest BCUT2D eigenvalue weighted by atomic mass is 16.1. The molecule has 1 aliphatic rings. The molecule has 2 heterocycles. The Labute approximate surface area is 64.0 Å². The van der Waals surface area contributed by atoms with Crippen LogP contribution in [0.2, 0.25) is 0 Å². The molecule has 1 amide bonds. The van der Waals surface area contributed by atoms with Crippen LogP contribution in [0.15, 0.2) is 6.07 Å². The molecule has 0 fully saturated rings. The van der Waals surface area contributed by atoms with Crippen LogP contribution >= 0.6 is 0 Å². The topological polar surface area (TPSA) is 60.9 Å². The summed E-state index contributed by atoms with van der Waals surface area (Å²) in [6.45, 7) is 0.919. The molecule has 4 heteroatoms. The molecule has 1 aromatic rings. The Morgan fingerprint density at radius 2 is 2.55 bits per heavy atom. The first-order chi connectivity index (χ1) is 5.27. The normalized spacial score (nSPS) is 14.9. The van der Waals surface area contributed by atoms with Gasteiger partial charge in [0, 0.05) is 12.2 Å². The molecule has 0 atom stereocenters. The maximum atomic E-state index is 10.7. The van der Waals surface area contributed by atoms with Gasteiger partial charge < -0.3 is 5.73 Å². The number of nitrogens with zero attached hydrogens (tertiary/aromatic N) is 2. The summed E-state index contributed by atoms with van der Waals surface area (Å²) >= 11 is 0. The van der Waals surface area contributed by atoms with Crippen LogP contribution in [0.3, 0.4) is 0 Å². The van der Waals surface area contributed by atoms with E-state index < -0.39 is 5.91 Å². The number of nitrogens with two attached hydrogens (primary N) is 1. The van der Waals surface area contributed by atoms with E-state index in [0.717, 1.165) is 25.1 Å². The van der Waals surface area contributed by atoms with Crippen molar-refractivity contribution in [2.24, 2.45) is 5.73 Å². The highest BCUT2D eigenvalue weighted by Crippen LogP contribution is 2.14. The largest absolute Gasteiger partial charge is 0.364 e. The summed E-state index contributed by atoms with van der Waals surface area (Å²) in [6, 6.07) is 1.77. The van der Waals surface area contributed by atoms with Gasteiger partial charge in [0.2, 0.25) is 0 Å². The Hall–Kier alpha value is -1.32. The van der Waals surface area contributed by atoms with Crippen molar-refractivity contribution >= 4 is 5.91 Å². The summed E-state index contributed by atoms with van der Waals surface area (Å²) in [5.74, 6) is -0.438. The molecule has 1 aliphatic heterocycles. The maximum absolute atomic E-state index is 10.7. The summed E-state index contributed by atoms with van der Waals surface area (Å²) in [7, 11) is 0. The second-order valence-electron chi connectivity index (χ2n) is 2.71. The van der Waals surface area contributed by atoms with Crippen LogP contribution in [-0.2, 0) is 13.0 Å². The number of hydrogen-bond donors (Lipinski definition) is 1. The number of aryl methyl sites for hydroxylation is 2. The number of rotatable bonds is 1. The minimum absolute atomic E-state index is 0.389. The van der Waals surface area contributed by atoms with Crippen molar-refractivity contribution in [2.45, 2.75) is 19.4 Å². The molecule has 0 radical (unpaired) electrons. The van der Waals surface area contributed by atoms with Crippen molar-refractivity contribution in [1.82, 2.24) is 9.78 Å². The summed E-state index contributed by atoms with van der Waals surface area (Å²) in [5, 5.41) is 4.03. The minimum Gasteiger partial charge on any atom is -0.364 e. The van der Waals surface area contributed by atoms with Gasteiger partial charge in [0.25, 0.3) is 5.91 Å². The number of amides is 1. The Kier molecular flexibility index (Phi) is 1.21. The number of hydrogen-bond acceptors (Lipinski definition) is 2. The third kappa shape index (κ3) is 0.906. The molecule has 0 aromatic carbocycles. The van der Waals surface area contributed by atoms with E-state index >= 15 is 0 Å². The van der Waals surface area contributed by atoms with Gasteiger partial charge in [-0.15, -0.1) is 0 Å². The van der Waals surface area contributed by atoms with E-state index in [-0.39, 0.29) is 0 Å². The third-order valence-corrected chi connectivity index (χ3v) is 1.92. The number of fused-ring (bicyclic) bond motifs is 1. The predicted molar refractivity (Wildman–Crippen MR) is 39.1 cm³/mol. The molecular formula is C7H9N3O. The second kappa shape index (κ2) is 2.08. The molecule has 0 unspecified atom stereocenters. The number of aromatic nitrogens is 2. The average Bonchev–Trinajstić information content (AvgIpc) is 2.40. The molecule has 0 saturated heterocycles. The zero-order valence-electron chi connectivity index (χ0n) is 6.08. The first kappa shape index (κ1) is 6.39. The van der Waals surface area contributed by atoms with E-state index in [2.05, 4.69) is 5.10 Å². The fraction of sp³-hybridized carbons (Fsp3) is 0.429. The molecule has 2 N–H and O–H groups in total. The lowest BCUT2D eigenvalue weighted by atomic mass is 10.3. The summed E-state index contributed by atoms with van der Waals surface area (Å²) < 4.78 is 1.85. The van der Waals surface area contributed by atoms with E-state index in [9.17, 15) is 4.79 Å². The van der Waals surface area contributed by atoms with E-state index in [0.29, 0.717) is 5.69 Å². The van der Waals surface area contributed by atoms with Gasteiger partial charge in [0.05, 0.1) is 0 Å². The summed E-state index contributed by atoms with van der Waals surface area (Å²) in [6.07, 6.45) is 2.14. The van der Waals surface area contributed by atoms with Crippen LogP contribution in [0, 0.1) is 0 Å². The van der Waals surface area contributed by atoms with Gasteiger partial charge in [-0.05, 0) is 18.9 Å². The predicted octanol–water partition coefficient (Wildman–Crippen LogP) is -0.0718. The maximum Gasteiger partial charge on any atom is 0.269 e. The standard InChI is InChI=1S/C7H9N3O/c8-7(11)6-4-5-2-1-3-10(5)9-6/h4H,1-3H2,(H2,8,11). The van der Waals surface area contributed by atoms with Crippen LogP contribution in [0.5, 0.6) is 0 Å². The van der Waals surface area contributed by atoms with Crippen LogP contribution in [-0.4, -0.2) is 15.7 Å². The average molecular weight is 151 g/mol.